The molecule has 0 spiro atoms. The Labute approximate surface area is 162 Å². The van der Waals surface area contributed by atoms with Gasteiger partial charge in [0.2, 0.25) is 6.79 Å². The van der Waals surface area contributed by atoms with Crippen molar-refractivity contribution >= 4 is 5.91 Å². The first-order valence-corrected chi connectivity index (χ1v) is 9.05. The standard InChI is InChI=1S/C21H20FN3O3/c1-3-24(12-15-8-9-19-20(10-15)28-13-27-19)21(26)16-11-23-25(14(16)2)18-7-5-4-6-17(18)22/h4-11H,3,12-13H2,1-2H3. The molecule has 2 heterocycles. The molecule has 1 aliphatic heterocycles. The molecule has 2 aromatic carbocycles. The van der Waals surface area contributed by atoms with Gasteiger partial charge in [0.15, 0.2) is 11.5 Å². The first-order valence-electron chi connectivity index (χ1n) is 9.05. The van der Waals surface area contributed by atoms with Gasteiger partial charge in [-0.1, -0.05) is 18.2 Å². The Morgan fingerprint density at radius 2 is 2.00 bits per heavy atom. The number of halogens is 1. The molecule has 1 amide bonds. The van der Waals surface area contributed by atoms with Crippen LogP contribution < -0.4 is 9.47 Å². The number of fused-ring (bicyclic) bond motifs is 1. The third-order valence-electron chi connectivity index (χ3n) is 4.80. The lowest BCUT2D eigenvalue weighted by Gasteiger charge is -2.21. The number of para-hydroxylation sites is 1. The molecule has 1 aromatic heterocycles. The molecule has 144 valence electrons. The summed E-state index contributed by atoms with van der Waals surface area (Å²) in [5, 5.41) is 4.23. The number of rotatable bonds is 5. The summed E-state index contributed by atoms with van der Waals surface area (Å²) in [5.41, 5.74) is 2.31. The topological polar surface area (TPSA) is 56.6 Å². The Balaban J connectivity index is 1.58. The summed E-state index contributed by atoms with van der Waals surface area (Å²) < 4.78 is 26.3. The predicted octanol–water partition coefficient (Wildman–Crippen LogP) is 3.71. The van der Waals surface area contributed by atoms with Gasteiger partial charge in [-0.05, 0) is 43.7 Å². The van der Waals surface area contributed by atoms with Gasteiger partial charge in [-0.2, -0.15) is 5.10 Å². The van der Waals surface area contributed by atoms with E-state index in [4.69, 9.17) is 9.47 Å². The minimum absolute atomic E-state index is 0.153. The third-order valence-corrected chi connectivity index (χ3v) is 4.80. The average molecular weight is 381 g/mol. The fourth-order valence-electron chi connectivity index (χ4n) is 3.24. The maximum Gasteiger partial charge on any atom is 0.257 e. The Kier molecular flexibility index (Phi) is 4.73. The van der Waals surface area contributed by atoms with E-state index in [9.17, 15) is 9.18 Å². The summed E-state index contributed by atoms with van der Waals surface area (Å²) in [7, 11) is 0. The minimum atomic E-state index is -0.389. The van der Waals surface area contributed by atoms with Crippen molar-refractivity contribution in [3.63, 3.8) is 0 Å². The van der Waals surface area contributed by atoms with Crippen molar-refractivity contribution < 1.29 is 18.7 Å². The van der Waals surface area contributed by atoms with Crippen LogP contribution in [0.5, 0.6) is 11.5 Å². The number of carbonyl (C=O) groups excluding carboxylic acids is 1. The minimum Gasteiger partial charge on any atom is -0.454 e. The maximum atomic E-state index is 14.1. The highest BCUT2D eigenvalue weighted by Crippen LogP contribution is 2.33. The van der Waals surface area contributed by atoms with Crippen LogP contribution in [-0.4, -0.2) is 33.9 Å². The molecule has 0 fully saturated rings. The fourth-order valence-corrected chi connectivity index (χ4v) is 3.24. The first-order chi connectivity index (χ1) is 13.6. The van der Waals surface area contributed by atoms with Crippen molar-refractivity contribution in [3.8, 4) is 17.2 Å². The molecule has 0 saturated heterocycles. The molecule has 0 saturated carbocycles. The summed E-state index contributed by atoms with van der Waals surface area (Å²) in [6.07, 6.45) is 1.49. The maximum absolute atomic E-state index is 14.1. The Bertz CT molecular complexity index is 1030. The van der Waals surface area contributed by atoms with E-state index in [1.807, 2.05) is 25.1 Å². The summed E-state index contributed by atoms with van der Waals surface area (Å²) in [6.45, 7) is 4.85. The van der Waals surface area contributed by atoms with Crippen LogP contribution in [0.3, 0.4) is 0 Å². The largest absolute Gasteiger partial charge is 0.454 e. The van der Waals surface area contributed by atoms with E-state index in [0.717, 1.165) is 5.56 Å². The van der Waals surface area contributed by atoms with E-state index >= 15 is 0 Å². The lowest BCUT2D eigenvalue weighted by atomic mass is 10.1. The lowest BCUT2D eigenvalue weighted by Crippen LogP contribution is -2.30. The number of benzene rings is 2. The highest BCUT2D eigenvalue weighted by atomic mass is 19.1. The van der Waals surface area contributed by atoms with Gasteiger partial charge in [0.05, 0.1) is 17.5 Å². The van der Waals surface area contributed by atoms with Crippen LogP contribution in [0.2, 0.25) is 0 Å². The van der Waals surface area contributed by atoms with Crippen molar-refractivity contribution in [1.82, 2.24) is 14.7 Å². The van der Waals surface area contributed by atoms with Crippen molar-refractivity contribution in [2.75, 3.05) is 13.3 Å². The van der Waals surface area contributed by atoms with Gasteiger partial charge >= 0.3 is 0 Å². The average Bonchev–Trinajstić information content (AvgIpc) is 3.32. The number of hydrogen-bond acceptors (Lipinski definition) is 4. The second-order valence-electron chi connectivity index (χ2n) is 6.51. The number of nitrogens with zero attached hydrogens (tertiary/aromatic N) is 3. The quantitative estimate of drug-likeness (QED) is 0.676. The van der Waals surface area contributed by atoms with E-state index in [-0.39, 0.29) is 18.5 Å². The predicted molar refractivity (Wildman–Crippen MR) is 101 cm³/mol. The molecule has 0 radical (unpaired) electrons. The molecule has 0 atom stereocenters. The SMILES string of the molecule is CCN(Cc1ccc2c(c1)OCO2)C(=O)c1cnn(-c2ccccc2F)c1C. The van der Waals surface area contributed by atoms with E-state index in [0.29, 0.717) is 41.5 Å². The van der Waals surface area contributed by atoms with Gasteiger partial charge in [-0.25, -0.2) is 9.07 Å². The van der Waals surface area contributed by atoms with Crippen molar-refractivity contribution in [2.45, 2.75) is 20.4 Å². The van der Waals surface area contributed by atoms with Crippen LogP contribution in [0.15, 0.2) is 48.7 Å². The first kappa shape index (κ1) is 18.0. The smallest absolute Gasteiger partial charge is 0.257 e. The van der Waals surface area contributed by atoms with Crippen LogP contribution in [-0.2, 0) is 6.54 Å². The number of hydrogen-bond donors (Lipinski definition) is 0. The zero-order valence-corrected chi connectivity index (χ0v) is 15.7. The van der Waals surface area contributed by atoms with Gasteiger partial charge in [0, 0.05) is 13.1 Å². The number of ether oxygens (including phenoxy) is 2. The molecule has 28 heavy (non-hydrogen) atoms. The van der Waals surface area contributed by atoms with Crippen LogP contribution in [0.1, 0.15) is 28.5 Å². The van der Waals surface area contributed by atoms with E-state index in [2.05, 4.69) is 5.10 Å². The molecular weight excluding hydrogens is 361 g/mol. The molecule has 0 aliphatic carbocycles. The Morgan fingerprint density at radius 1 is 1.21 bits per heavy atom. The Morgan fingerprint density at radius 3 is 2.79 bits per heavy atom. The zero-order chi connectivity index (χ0) is 19.7. The van der Waals surface area contributed by atoms with Gasteiger partial charge in [0.25, 0.3) is 5.91 Å². The molecule has 1 aliphatic rings. The lowest BCUT2D eigenvalue weighted by molar-refractivity contribution is 0.0751. The van der Waals surface area contributed by atoms with Gasteiger partial charge in [-0.3, -0.25) is 4.79 Å². The summed E-state index contributed by atoms with van der Waals surface area (Å²) in [4.78, 5) is 14.8. The normalized spacial score (nSPS) is 12.2. The Hall–Kier alpha value is -3.35. The number of aromatic nitrogens is 2. The van der Waals surface area contributed by atoms with Crippen LogP contribution in [0.25, 0.3) is 5.69 Å². The van der Waals surface area contributed by atoms with Crippen LogP contribution >= 0.6 is 0 Å². The summed E-state index contributed by atoms with van der Waals surface area (Å²) in [6, 6.07) is 12.0. The monoisotopic (exact) mass is 381 g/mol. The summed E-state index contributed by atoms with van der Waals surface area (Å²) in [5.74, 6) is 0.852. The molecule has 0 bridgehead atoms. The number of amides is 1. The van der Waals surface area contributed by atoms with Gasteiger partial charge in [-0.15, -0.1) is 0 Å². The highest BCUT2D eigenvalue weighted by Gasteiger charge is 2.22. The second-order valence-corrected chi connectivity index (χ2v) is 6.51. The van der Waals surface area contributed by atoms with E-state index < -0.39 is 0 Å². The fraction of sp³-hybridized carbons (Fsp3) is 0.238. The second kappa shape index (κ2) is 7.34. The van der Waals surface area contributed by atoms with E-state index in [1.165, 1.54) is 16.9 Å². The zero-order valence-electron chi connectivity index (χ0n) is 15.7. The molecule has 3 aromatic rings. The van der Waals surface area contributed by atoms with Crippen molar-refractivity contribution in [1.29, 1.82) is 0 Å². The number of carbonyl (C=O) groups is 1. The van der Waals surface area contributed by atoms with E-state index in [1.54, 1.807) is 30.0 Å². The molecule has 6 nitrogen and oxygen atoms in total. The molecular formula is C21H20FN3O3. The molecule has 0 unspecified atom stereocenters. The van der Waals surface area contributed by atoms with Crippen molar-refractivity contribution in [2.24, 2.45) is 0 Å². The van der Waals surface area contributed by atoms with Crippen molar-refractivity contribution in [3.05, 3.63) is 71.3 Å². The molecule has 4 rings (SSSR count). The molecule has 0 N–H and O–H groups in total. The van der Waals surface area contributed by atoms with Crippen LogP contribution in [0, 0.1) is 12.7 Å². The van der Waals surface area contributed by atoms with Gasteiger partial charge in [0.1, 0.15) is 11.5 Å². The summed E-state index contributed by atoms with van der Waals surface area (Å²) >= 11 is 0. The molecule has 7 heteroatoms. The van der Waals surface area contributed by atoms with Gasteiger partial charge < -0.3 is 14.4 Å². The third kappa shape index (κ3) is 3.19. The van der Waals surface area contributed by atoms with Crippen LogP contribution in [0.4, 0.5) is 4.39 Å². The highest BCUT2D eigenvalue weighted by molar-refractivity contribution is 5.95.